The SMILES string of the molecule is Cn1cc([C@@H]2C[C@@H]2C(=O)NCc2ccccc2OCC2CC2)cn1. The summed E-state index contributed by atoms with van der Waals surface area (Å²) >= 11 is 0. The highest BCUT2D eigenvalue weighted by Gasteiger charge is 2.44. The first-order valence-electron chi connectivity index (χ1n) is 8.67. The van der Waals surface area contributed by atoms with Crippen molar-refractivity contribution >= 4 is 5.91 Å². The number of ether oxygens (including phenoxy) is 1. The molecule has 1 amide bonds. The molecule has 1 aromatic heterocycles. The normalized spacial score (nSPS) is 22.2. The number of nitrogens with zero attached hydrogens (tertiary/aromatic N) is 2. The number of carbonyl (C=O) groups is 1. The summed E-state index contributed by atoms with van der Waals surface area (Å²) < 4.78 is 7.69. The topological polar surface area (TPSA) is 56.2 Å². The van der Waals surface area contributed by atoms with Gasteiger partial charge in [0.25, 0.3) is 0 Å². The van der Waals surface area contributed by atoms with Crippen molar-refractivity contribution in [1.29, 1.82) is 0 Å². The number of para-hydroxylation sites is 1. The van der Waals surface area contributed by atoms with Crippen LogP contribution in [0, 0.1) is 11.8 Å². The van der Waals surface area contributed by atoms with Crippen molar-refractivity contribution in [3.8, 4) is 5.75 Å². The van der Waals surface area contributed by atoms with Gasteiger partial charge in [0.05, 0.1) is 12.8 Å². The molecule has 2 fully saturated rings. The number of carbonyl (C=O) groups excluding carboxylic acids is 1. The fraction of sp³-hybridized carbons (Fsp3) is 0.474. The first kappa shape index (κ1) is 15.2. The third-order valence-corrected chi connectivity index (χ3v) is 4.88. The molecule has 4 rings (SSSR count). The second kappa shape index (κ2) is 6.30. The molecule has 0 unspecified atom stereocenters. The van der Waals surface area contributed by atoms with Crippen molar-refractivity contribution in [2.24, 2.45) is 18.9 Å². The van der Waals surface area contributed by atoms with E-state index in [1.165, 1.54) is 12.8 Å². The Bertz CT molecular complexity index is 736. The summed E-state index contributed by atoms with van der Waals surface area (Å²) in [6, 6.07) is 7.97. The van der Waals surface area contributed by atoms with Crippen LogP contribution in [0.25, 0.3) is 0 Å². The van der Waals surface area contributed by atoms with Crippen molar-refractivity contribution in [2.45, 2.75) is 31.7 Å². The predicted octanol–water partition coefficient (Wildman–Crippen LogP) is 2.63. The van der Waals surface area contributed by atoms with Crippen molar-refractivity contribution in [3.63, 3.8) is 0 Å². The molecular weight excluding hydrogens is 302 g/mol. The minimum atomic E-state index is 0.0775. The van der Waals surface area contributed by atoms with Gasteiger partial charge in [0.15, 0.2) is 0 Å². The second-order valence-electron chi connectivity index (χ2n) is 6.98. The molecule has 0 spiro atoms. The van der Waals surface area contributed by atoms with E-state index in [0.717, 1.165) is 35.8 Å². The van der Waals surface area contributed by atoms with Gasteiger partial charge >= 0.3 is 0 Å². The molecule has 2 aliphatic carbocycles. The Morgan fingerprint density at radius 2 is 2.21 bits per heavy atom. The van der Waals surface area contributed by atoms with E-state index in [0.29, 0.717) is 12.5 Å². The van der Waals surface area contributed by atoms with Gasteiger partial charge in [-0.05, 0) is 42.7 Å². The van der Waals surface area contributed by atoms with Gasteiger partial charge in [-0.2, -0.15) is 5.10 Å². The molecule has 0 aliphatic heterocycles. The summed E-state index contributed by atoms with van der Waals surface area (Å²) in [5, 5.41) is 7.25. The lowest BCUT2D eigenvalue weighted by Crippen LogP contribution is -2.25. The van der Waals surface area contributed by atoms with E-state index < -0.39 is 0 Å². The number of nitrogens with one attached hydrogen (secondary N) is 1. The molecule has 126 valence electrons. The van der Waals surface area contributed by atoms with Gasteiger partial charge < -0.3 is 10.1 Å². The molecule has 1 N–H and O–H groups in total. The van der Waals surface area contributed by atoms with Crippen LogP contribution in [-0.2, 0) is 18.4 Å². The van der Waals surface area contributed by atoms with E-state index >= 15 is 0 Å². The highest BCUT2D eigenvalue weighted by atomic mass is 16.5. The Kier molecular flexibility index (Phi) is 4.00. The fourth-order valence-electron chi connectivity index (χ4n) is 3.08. The molecule has 2 atom stereocenters. The average Bonchev–Trinajstić information content (AvgIpc) is 3.50. The van der Waals surface area contributed by atoms with E-state index in [1.54, 1.807) is 4.68 Å². The number of hydrogen-bond donors (Lipinski definition) is 1. The largest absolute Gasteiger partial charge is 0.493 e. The number of benzene rings is 1. The maximum atomic E-state index is 12.4. The van der Waals surface area contributed by atoms with Crippen LogP contribution in [-0.4, -0.2) is 22.3 Å². The number of hydrogen-bond acceptors (Lipinski definition) is 3. The van der Waals surface area contributed by atoms with Crippen molar-refractivity contribution in [2.75, 3.05) is 6.61 Å². The molecule has 1 heterocycles. The molecule has 5 nitrogen and oxygen atoms in total. The van der Waals surface area contributed by atoms with Gasteiger partial charge in [0.2, 0.25) is 5.91 Å². The number of rotatable bonds is 7. The third kappa shape index (κ3) is 3.45. The lowest BCUT2D eigenvalue weighted by molar-refractivity contribution is -0.122. The van der Waals surface area contributed by atoms with Gasteiger partial charge in [-0.25, -0.2) is 0 Å². The molecule has 0 radical (unpaired) electrons. The predicted molar refractivity (Wildman–Crippen MR) is 90.6 cm³/mol. The molecule has 0 saturated heterocycles. The molecule has 2 aliphatic rings. The summed E-state index contributed by atoms with van der Waals surface area (Å²) in [4.78, 5) is 12.4. The van der Waals surface area contributed by atoms with Crippen LogP contribution in [0.4, 0.5) is 0 Å². The monoisotopic (exact) mass is 325 g/mol. The highest BCUT2D eigenvalue weighted by Crippen LogP contribution is 2.47. The number of aromatic nitrogens is 2. The zero-order chi connectivity index (χ0) is 16.5. The molecule has 2 saturated carbocycles. The van der Waals surface area contributed by atoms with Crippen molar-refractivity contribution in [1.82, 2.24) is 15.1 Å². The Labute approximate surface area is 142 Å². The van der Waals surface area contributed by atoms with Crippen LogP contribution in [0.5, 0.6) is 5.75 Å². The van der Waals surface area contributed by atoms with Gasteiger partial charge in [0, 0.05) is 31.3 Å². The van der Waals surface area contributed by atoms with Gasteiger partial charge in [-0.1, -0.05) is 18.2 Å². The first-order valence-corrected chi connectivity index (χ1v) is 8.67. The molecule has 2 aromatic rings. The lowest BCUT2D eigenvalue weighted by atomic mass is 10.1. The second-order valence-corrected chi connectivity index (χ2v) is 6.98. The zero-order valence-corrected chi connectivity index (χ0v) is 13.9. The van der Waals surface area contributed by atoms with E-state index in [1.807, 2.05) is 43.7 Å². The summed E-state index contributed by atoms with van der Waals surface area (Å²) in [6.07, 6.45) is 7.32. The van der Waals surface area contributed by atoms with E-state index in [4.69, 9.17) is 4.74 Å². The summed E-state index contributed by atoms with van der Waals surface area (Å²) in [5.41, 5.74) is 2.20. The molecule has 24 heavy (non-hydrogen) atoms. The van der Waals surface area contributed by atoms with E-state index in [2.05, 4.69) is 10.4 Å². The van der Waals surface area contributed by atoms with Crippen molar-refractivity contribution in [3.05, 3.63) is 47.8 Å². The Morgan fingerprint density at radius 3 is 2.96 bits per heavy atom. The maximum absolute atomic E-state index is 12.4. The van der Waals surface area contributed by atoms with Gasteiger partial charge in [0.1, 0.15) is 5.75 Å². The standard InChI is InChI=1S/C19H23N3O2/c1-22-11-15(10-21-22)16-8-17(16)19(23)20-9-14-4-2-3-5-18(14)24-12-13-6-7-13/h2-5,10-11,13,16-17H,6-9,12H2,1H3,(H,20,23)/t16-,17-/m0/s1. The Balaban J connectivity index is 1.31. The maximum Gasteiger partial charge on any atom is 0.224 e. The molecule has 0 bridgehead atoms. The summed E-state index contributed by atoms with van der Waals surface area (Å²) in [6.45, 7) is 1.31. The van der Waals surface area contributed by atoms with Crippen LogP contribution in [0.15, 0.2) is 36.7 Å². The van der Waals surface area contributed by atoms with Crippen LogP contribution in [0.1, 0.15) is 36.3 Å². The number of aryl methyl sites for hydroxylation is 1. The Hall–Kier alpha value is -2.30. The lowest BCUT2D eigenvalue weighted by Gasteiger charge is -2.12. The van der Waals surface area contributed by atoms with E-state index in [-0.39, 0.29) is 11.8 Å². The Morgan fingerprint density at radius 1 is 1.38 bits per heavy atom. The molecule has 1 aromatic carbocycles. The smallest absolute Gasteiger partial charge is 0.224 e. The summed E-state index contributed by atoms with van der Waals surface area (Å²) in [5.74, 6) is 2.14. The summed E-state index contributed by atoms with van der Waals surface area (Å²) in [7, 11) is 1.90. The third-order valence-electron chi connectivity index (χ3n) is 4.88. The molecule has 5 heteroatoms. The zero-order valence-electron chi connectivity index (χ0n) is 13.9. The van der Waals surface area contributed by atoms with E-state index in [9.17, 15) is 4.79 Å². The average molecular weight is 325 g/mol. The minimum Gasteiger partial charge on any atom is -0.493 e. The van der Waals surface area contributed by atoms with Gasteiger partial charge in [-0.15, -0.1) is 0 Å². The number of amides is 1. The highest BCUT2D eigenvalue weighted by molar-refractivity contribution is 5.82. The van der Waals surface area contributed by atoms with Gasteiger partial charge in [-0.3, -0.25) is 9.48 Å². The van der Waals surface area contributed by atoms with Crippen LogP contribution < -0.4 is 10.1 Å². The minimum absolute atomic E-state index is 0.0775. The van der Waals surface area contributed by atoms with Crippen LogP contribution in [0.2, 0.25) is 0 Å². The quantitative estimate of drug-likeness (QED) is 0.851. The van der Waals surface area contributed by atoms with Crippen molar-refractivity contribution < 1.29 is 9.53 Å². The van der Waals surface area contributed by atoms with Crippen LogP contribution in [0.3, 0.4) is 0 Å². The molecular formula is C19H23N3O2. The fourth-order valence-corrected chi connectivity index (χ4v) is 3.08. The first-order chi connectivity index (χ1) is 11.7. The van der Waals surface area contributed by atoms with Crippen LogP contribution >= 0.6 is 0 Å².